The highest BCUT2D eigenvalue weighted by atomic mass is 35.5. The van der Waals surface area contributed by atoms with Crippen LogP contribution in [-0.2, 0) is 0 Å². The molecule has 1 aliphatic heterocycles. The van der Waals surface area contributed by atoms with Crippen LogP contribution < -0.4 is 5.73 Å². The van der Waals surface area contributed by atoms with Gasteiger partial charge in [-0.2, -0.15) is 0 Å². The van der Waals surface area contributed by atoms with Gasteiger partial charge in [-0.3, -0.25) is 4.90 Å². The van der Waals surface area contributed by atoms with Gasteiger partial charge in [0, 0.05) is 30.2 Å². The Morgan fingerprint density at radius 1 is 1.41 bits per heavy atom. The van der Waals surface area contributed by atoms with Crippen LogP contribution in [0.3, 0.4) is 0 Å². The van der Waals surface area contributed by atoms with E-state index in [9.17, 15) is 5.11 Å². The lowest BCUT2D eigenvalue weighted by atomic mass is 9.99. The van der Waals surface area contributed by atoms with Gasteiger partial charge in [-0.05, 0) is 31.0 Å². The summed E-state index contributed by atoms with van der Waals surface area (Å²) in [5.41, 5.74) is 7.24. The fourth-order valence-corrected chi connectivity index (χ4v) is 2.65. The number of aliphatic hydroxyl groups is 1. The minimum Gasteiger partial charge on any atom is -0.392 e. The van der Waals surface area contributed by atoms with Gasteiger partial charge in [-0.1, -0.05) is 23.7 Å². The molecule has 1 fully saturated rings. The number of nitrogens with two attached hydrogens (primary N) is 1. The Labute approximate surface area is 107 Å². The lowest BCUT2D eigenvalue weighted by molar-refractivity contribution is 0.151. The van der Waals surface area contributed by atoms with E-state index in [1.165, 1.54) is 5.56 Å². The second-order valence-corrected chi connectivity index (χ2v) is 5.23. The van der Waals surface area contributed by atoms with Crippen molar-refractivity contribution >= 4 is 11.6 Å². The number of β-amino-alcohol motifs (C(OH)–C–C–N with tert-alkyl or cyclic N) is 1. The summed E-state index contributed by atoms with van der Waals surface area (Å²) in [4.78, 5) is 2.25. The molecule has 0 aromatic heterocycles. The van der Waals surface area contributed by atoms with E-state index in [0.717, 1.165) is 18.0 Å². The summed E-state index contributed by atoms with van der Waals surface area (Å²) in [5.74, 6) is 0. The van der Waals surface area contributed by atoms with E-state index in [1.807, 2.05) is 31.2 Å². The monoisotopic (exact) mass is 254 g/mol. The molecular formula is C13H19ClN2O. The first-order chi connectivity index (χ1) is 8.08. The van der Waals surface area contributed by atoms with Crippen LogP contribution in [0.15, 0.2) is 24.3 Å². The minimum atomic E-state index is -0.219. The topological polar surface area (TPSA) is 49.5 Å². The largest absolute Gasteiger partial charge is 0.392 e. The second-order valence-electron chi connectivity index (χ2n) is 4.79. The highest BCUT2D eigenvalue weighted by Gasteiger charge is 2.30. The summed E-state index contributed by atoms with van der Waals surface area (Å²) in [6, 6.07) is 7.99. The summed E-state index contributed by atoms with van der Waals surface area (Å²) >= 11 is 5.89. The molecule has 0 bridgehead atoms. The average molecular weight is 255 g/mol. The molecule has 1 heterocycles. The highest BCUT2D eigenvalue weighted by Crippen LogP contribution is 2.28. The van der Waals surface area contributed by atoms with Crippen molar-refractivity contribution in [2.45, 2.75) is 31.5 Å². The summed E-state index contributed by atoms with van der Waals surface area (Å²) in [5, 5.41) is 10.4. The molecule has 0 amide bonds. The summed E-state index contributed by atoms with van der Waals surface area (Å²) in [7, 11) is 0. The van der Waals surface area contributed by atoms with Crippen molar-refractivity contribution in [2.24, 2.45) is 5.73 Å². The Hall–Kier alpha value is -0.610. The van der Waals surface area contributed by atoms with Gasteiger partial charge < -0.3 is 10.8 Å². The van der Waals surface area contributed by atoms with Crippen LogP contribution >= 0.6 is 11.6 Å². The molecule has 3 N–H and O–H groups in total. The number of nitrogens with zero attached hydrogens (tertiary/aromatic N) is 1. The van der Waals surface area contributed by atoms with Crippen LogP contribution in [0.5, 0.6) is 0 Å². The molecule has 0 aliphatic carbocycles. The molecular weight excluding hydrogens is 236 g/mol. The molecule has 1 aromatic rings. The van der Waals surface area contributed by atoms with Crippen molar-refractivity contribution < 1.29 is 5.11 Å². The predicted octanol–water partition coefficient (Wildman–Crippen LogP) is 1.79. The average Bonchev–Trinajstić information content (AvgIpc) is 2.68. The van der Waals surface area contributed by atoms with Gasteiger partial charge in [0.1, 0.15) is 0 Å². The molecule has 0 saturated carbocycles. The molecule has 1 aromatic carbocycles. The van der Waals surface area contributed by atoms with Crippen molar-refractivity contribution in [3.63, 3.8) is 0 Å². The number of benzene rings is 1. The number of aliphatic hydroxyl groups excluding tert-OH is 1. The summed E-state index contributed by atoms with van der Waals surface area (Å²) in [6.07, 6.45) is 0.611. The van der Waals surface area contributed by atoms with Gasteiger partial charge in [0.25, 0.3) is 0 Å². The zero-order valence-electron chi connectivity index (χ0n) is 10.0. The molecule has 0 radical (unpaired) electrons. The van der Waals surface area contributed by atoms with Crippen LogP contribution in [0, 0.1) is 0 Å². The second kappa shape index (κ2) is 5.36. The maximum Gasteiger partial charge on any atom is 0.0679 e. The SMILES string of the molecule is CC(N)C(c1ccc(Cl)cc1)N1CCC(O)C1. The third-order valence-corrected chi connectivity index (χ3v) is 3.55. The Balaban J connectivity index is 2.20. The zero-order valence-corrected chi connectivity index (χ0v) is 10.8. The molecule has 3 unspecified atom stereocenters. The molecule has 3 atom stereocenters. The zero-order chi connectivity index (χ0) is 12.4. The first kappa shape index (κ1) is 12.8. The fourth-order valence-electron chi connectivity index (χ4n) is 2.53. The van der Waals surface area contributed by atoms with Crippen molar-refractivity contribution in [3.8, 4) is 0 Å². The first-order valence-electron chi connectivity index (χ1n) is 6.01. The van der Waals surface area contributed by atoms with Crippen LogP contribution in [-0.4, -0.2) is 35.2 Å². The maximum absolute atomic E-state index is 9.62. The number of hydrogen-bond acceptors (Lipinski definition) is 3. The van der Waals surface area contributed by atoms with Crippen molar-refractivity contribution in [1.82, 2.24) is 4.90 Å². The van der Waals surface area contributed by atoms with Crippen LogP contribution in [0.4, 0.5) is 0 Å². The third kappa shape index (κ3) is 2.99. The van der Waals surface area contributed by atoms with Gasteiger partial charge >= 0.3 is 0 Å². The third-order valence-electron chi connectivity index (χ3n) is 3.30. The predicted molar refractivity (Wildman–Crippen MR) is 70.0 cm³/mol. The molecule has 2 rings (SSSR count). The van der Waals surface area contributed by atoms with E-state index in [-0.39, 0.29) is 18.2 Å². The Kier molecular flexibility index (Phi) is 4.05. The molecule has 17 heavy (non-hydrogen) atoms. The standard InChI is InChI=1S/C13H19ClN2O/c1-9(15)13(16-7-6-12(17)8-16)10-2-4-11(14)5-3-10/h2-5,9,12-13,17H,6-8,15H2,1H3. The van der Waals surface area contributed by atoms with Gasteiger partial charge in [0.15, 0.2) is 0 Å². The van der Waals surface area contributed by atoms with E-state index in [0.29, 0.717) is 6.54 Å². The lowest BCUT2D eigenvalue weighted by Crippen LogP contribution is -2.38. The number of likely N-dealkylation sites (tertiary alicyclic amines) is 1. The quantitative estimate of drug-likeness (QED) is 0.865. The van der Waals surface area contributed by atoms with Crippen molar-refractivity contribution in [3.05, 3.63) is 34.9 Å². The maximum atomic E-state index is 9.62. The molecule has 4 heteroatoms. The van der Waals surface area contributed by atoms with Crippen LogP contribution in [0.25, 0.3) is 0 Å². The Bertz CT molecular complexity index is 366. The first-order valence-corrected chi connectivity index (χ1v) is 6.39. The summed E-state index contributed by atoms with van der Waals surface area (Å²) < 4.78 is 0. The van der Waals surface area contributed by atoms with Crippen molar-refractivity contribution in [2.75, 3.05) is 13.1 Å². The summed E-state index contributed by atoms with van der Waals surface area (Å²) in [6.45, 7) is 3.61. The number of hydrogen-bond donors (Lipinski definition) is 2. The van der Waals surface area contributed by atoms with E-state index in [4.69, 9.17) is 17.3 Å². The number of rotatable bonds is 3. The van der Waals surface area contributed by atoms with Gasteiger partial charge in [-0.25, -0.2) is 0 Å². The molecule has 94 valence electrons. The van der Waals surface area contributed by atoms with E-state index in [1.54, 1.807) is 0 Å². The Morgan fingerprint density at radius 3 is 2.53 bits per heavy atom. The van der Waals surface area contributed by atoms with Gasteiger partial charge in [-0.15, -0.1) is 0 Å². The molecule has 1 aliphatic rings. The molecule has 1 saturated heterocycles. The van der Waals surface area contributed by atoms with Crippen LogP contribution in [0.1, 0.15) is 24.9 Å². The fraction of sp³-hybridized carbons (Fsp3) is 0.538. The van der Waals surface area contributed by atoms with Crippen molar-refractivity contribution in [1.29, 1.82) is 0 Å². The normalized spacial score (nSPS) is 24.8. The smallest absolute Gasteiger partial charge is 0.0679 e. The lowest BCUT2D eigenvalue weighted by Gasteiger charge is -2.31. The van der Waals surface area contributed by atoms with Crippen LogP contribution in [0.2, 0.25) is 5.02 Å². The molecule has 3 nitrogen and oxygen atoms in total. The minimum absolute atomic E-state index is 0.0291. The van der Waals surface area contributed by atoms with Gasteiger partial charge in [0.05, 0.1) is 6.10 Å². The highest BCUT2D eigenvalue weighted by molar-refractivity contribution is 6.30. The Morgan fingerprint density at radius 2 is 2.06 bits per heavy atom. The van der Waals surface area contributed by atoms with E-state index < -0.39 is 0 Å². The van der Waals surface area contributed by atoms with E-state index >= 15 is 0 Å². The number of halogens is 1. The van der Waals surface area contributed by atoms with Gasteiger partial charge in [0.2, 0.25) is 0 Å². The van der Waals surface area contributed by atoms with E-state index in [2.05, 4.69) is 4.90 Å². The molecule has 0 spiro atoms.